The average Bonchev–Trinajstić information content (AvgIpc) is 2.43. The first-order chi connectivity index (χ1) is 8.98. The standard InChI is InChI=1S/C12H17NO5S/c1-18-12(15)7-8-19(16,17)13-11(9-14)10-5-3-2-4-6-10/h2-6,11,13-14H,7-9H2,1H3/t11-/m1/s1. The lowest BCUT2D eigenvalue weighted by Gasteiger charge is -2.16. The predicted molar refractivity (Wildman–Crippen MR) is 69.8 cm³/mol. The van der Waals surface area contributed by atoms with Crippen molar-refractivity contribution in [1.82, 2.24) is 4.72 Å². The molecule has 0 heterocycles. The van der Waals surface area contributed by atoms with E-state index in [4.69, 9.17) is 0 Å². The second-order valence-corrected chi connectivity index (χ2v) is 5.78. The Labute approximate surface area is 112 Å². The number of carbonyl (C=O) groups is 1. The van der Waals surface area contributed by atoms with Crippen LogP contribution in [0.4, 0.5) is 0 Å². The van der Waals surface area contributed by atoms with Crippen LogP contribution in [0.3, 0.4) is 0 Å². The van der Waals surface area contributed by atoms with Crippen molar-refractivity contribution in [2.45, 2.75) is 12.5 Å². The van der Waals surface area contributed by atoms with Gasteiger partial charge in [-0.1, -0.05) is 30.3 Å². The van der Waals surface area contributed by atoms with Crippen molar-refractivity contribution in [3.63, 3.8) is 0 Å². The summed E-state index contributed by atoms with van der Waals surface area (Å²) in [5.41, 5.74) is 0.659. The molecule has 0 amide bonds. The molecule has 0 aliphatic carbocycles. The van der Waals surface area contributed by atoms with Gasteiger partial charge in [-0.2, -0.15) is 0 Å². The zero-order valence-electron chi connectivity index (χ0n) is 10.6. The van der Waals surface area contributed by atoms with Crippen LogP contribution >= 0.6 is 0 Å². The number of benzene rings is 1. The summed E-state index contributed by atoms with van der Waals surface area (Å²) >= 11 is 0. The molecule has 1 aromatic carbocycles. The maximum absolute atomic E-state index is 11.8. The molecule has 1 atom stereocenters. The smallest absolute Gasteiger partial charge is 0.306 e. The number of methoxy groups -OCH3 is 1. The largest absolute Gasteiger partial charge is 0.469 e. The van der Waals surface area contributed by atoms with E-state index in [0.717, 1.165) is 0 Å². The molecule has 7 heteroatoms. The van der Waals surface area contributed by atoms with Gasteiger partial charge in [-0.25, -0.2) is 13.1 Å². The fourth-order valence-corrected chi connectivity index (χ4v) is 2.69. The van der Waals surface area contributed by atoms with Gasteiger partial charge in [0.1, 0.15) is 0 Å². The van der Waals surface area contributed by atoms with E-state index in [1.54, 1.807) is 30.3 Å². The molecule has 2 N–H and O–H groups in total. The average molecular weight is 287 g/mol. The Morgan fingerprint density at radius 2 is 2.00 bits per heavy atom. The van der Waals surface area contributed by atoms with Crippen LogP contribution in [-0.2, 0) is 19.6 Å². The second kappa shape index (κ2) is 7.22. The van der Waals surface area contributed by atoms with Crippen molar-refractivity contribution in [2.24, 2.45) is 0 Å². The fraction of sp³-hybridized carbons (Fsp3) is 0.417. The Bertz CT molecular complexity index is 500. The Hall–Kier alpha value is -1.44. The SMILES string of the molecule is COC(=O)CCS(=O)(=O)N[C@H](CO)c1ccccc1. The van der Waals surface area contributed by atoms with Gasteiger partial charge in [0.05, 0.1) is 31.9 Å². The molecule has 0 aliphatic heterocycles. The highest BCUT2D eigenvalue weighted by Gasteiger charge is 2.19. The minimum atomic E-state index is -3.66. The number of esters is 1. The van der Waals surface area contributed by atoms with Crippen molar-refractivity contribution in [3.8, 4) is 0 Å². The lowest BCUT2D eigenvalue weighted by atomic mass is 10.1. The van der Waals surface area contributed by atoms with Crippen LogP contribution in [0.1, 0.15) is 18.0 Å². The Kier molecular flexibility index (Phi) is 5.94. The molecule has 0 radical (unpaired) electrons. The van der Waals surface area contributed by atoms with Gasteiger partial charge in [0.25, 0.3) is 0 Å². The third kappa shape index (κ3) is 5.37. The van der Waals surface area contributed by atoms with E-state index in [2.05, 4.69) is 9.46 Å². The minimum Gasteiger partial charge on any atom is -0.469 e. The van der Waals surface area contributed by atoms with Gasteiger partial charge >= 0.3 is 5.97 Å². The molecule has 0 fully saturated rings. The number of aliphatic hydroxyl groups is 1. The summed E-state index contributed by atoms with van der Waals surface area (Å²) < 4.78 is 30.3. The molecule has 0 unspecified atom stereocenters. The topological polar surface area (TPSA) is 92.7 Å². The molecule has 0 saturated heterocycles. The predicted octanol–water partition coefficient (Wildman–Crippen LogP) is 0.203. The van der Waals surface area contributed by atoms with E-state index < -0.39 is 22.0 Å². The van der Waals surface area contributed by atoms with Crippen molar-refractivity contribution in [1.29, 1.82) is 0 Å². The van der Waals surface area contributed by atoms with Crippen molar-refractivity contribution in [3.05, 3.63) is 35.9 Å². The van der Waals surface area contributed by atoms with E-state index in [-0.39, 0.29) is 18.8 Å². The zero-order valence-corrected chi connectivity index (χ0v) is 11.4. The van der Waals surface area contributed by atoms with Crippen LogP contribution in [0.5, 0.6) is 0 Å². The number of hydrogen-bond acceptors (Lipinski definition) is 5. The van der Waals surface area contributed by atoms with Crippen LogP contribution in [-0.4, -0.2) is 39.0 Å². The van der Waals surface area contributed by atoms with Crippen LogP contribution in [0.2, 0.25) is 0 Å². The van der Waals surface area contributed by atoms with Crippen molar-refractivity contribution in [2.75, 3.05) is 19.5 Å². The summed E-state index contributed by atoms with van der Waals surface area (Å²) in [6.07, 6.45) is -0.223. The molecular weight excluding hydrogens is 270 g/mol. The number of carbonyl (C=O) groups excluding carboxylic acids is 1. The summed E-state index contributed by atoms with van der Waals surface area (Å²) in [4.78, 5) is 10.9. The molecule has 0 saturated carbocycles. The van der Waals surface area contributed by atoms with E-state index in [1.165, 1.54) is 7.11 Å². The van der Waals surface area contributed by atoms with Gasteiger partial charge < -0.3 is 9.84 Å². The number of nitrogens with one attached hydrogen (secondary N) is 1. The maximum Gasteiger partial charge on any atom is 0.306 e. The highest BCUT2D eigenvalue weighted by Crippen LogP contribution is 2.13. The molecule has 6 nitrogen and oxygen atoms in total. The Morgan fingerprint density at radius 1 is 1.37 bits per heavy atom. The molecule has 0 spiro atoms. The van der Waals surface area contributed by atoms with Gasteiger partial charge in [0.15, 0.2) is 0 Å². The summed E-state index contributed by atoms with van der Waals surface area (Å²) in [6.45, 7) is -0.360. The fourth-order valence-electron chi connectivity index (χ4n) is 1.49. The molecule has 1 rings (SSSR count). The Morgan fingerprint density at radius 3 is 2.53 bits per heavy atom. The maximum atomic E-state index is 11.8. The molecule has 19 heavy (non-hydrogen) atoms. The van der Waals surface area contributed by atoms with Crippen molar-refractivity contribution < 1.29 is 23.1 Å². The van der Waals surface area contributed by atoms with Gasteiger partial charge in [-0.3, -0.25) is 4.79 Å². The van der Waals surface area contributed by atoms with Crippen LogP contribution in [0, 0.1) is 0 Å². The van der Waals surface area contributed by atoms with E-state index >= 15 is 0 Å². The summed E-state index contributed by atoms with van der Waals surface area (Å²) in [6, 6.07) is 8.00. The Balaban J connectivity index is 2.67. The van der Waals surface area contributed by atoms with Crippen LogP contribution in [0.25, 0.3) is 0 Å². The summed E-state index contributed by atoms with van der Waals surface area (Å²) in [5.74, 6) is -0.964. The summed E-state index contributed by atoms with van der Waals surface area (Å²) in [5, 5.41) is 9.25. The third-order valence-corrected chi connectivity index (χ3v) is 3.89. The molecule has 106 valence electrons. The van der Waals surface area contributed by atoms with E-state index in [1.807, 2.05) is 0 Å². The monoisotopic (exact) mass is 287 g/mol. The number of sulfonamides is 1. The van der Waals surface area contributed by atoms with E-state index in [9.17, 15) is 18.3 Å². The van der Waals surface area contributed by atoms with Gasteiger partial charge in [-0.15, -0.1) is 0 Å². The summed E-state index contributed by atoms with van der Waals surface area (Å²) in [7, 11) is -2.46. The molecule has 1 aromatic rings. The lowest BCUT2D eigenvalue weighted by Crippen LogP contribution is -2.33. The van der Waals surface area contributed by atoms with Gasteiger partial charge in [0.2, 0.25) is 10.0 Å². The normalized spacial score (nSPS) is 12.9. The highest BCUT2D eigenvalue weighted by molar-refractivity contribution is 7.89. The number of rotatable bonds is 7. The molecule has 0 bridgehead atoms. The van der Waals surface area contributed by atoms with Crippen molar-refractivity contribution >= 4 is 16.0 Å². The minimum absolute atomic E-state index is 0.223. The molecular formula is C12H17NO5S. The molecule has 0 aliphatic rings. The lowest BCUT2D eigenvalue weighted by molar-refractivity contribution is -0.140. The first-order valence-corrected chi connectivity index (χ1v) is 7.36. The number of aliphatic hydroxyl groups excluding tert-OH is 1. The first kappa shape index (κ1) is 15.6. The first-order valence-electron chi connectivity index (χ1n) is 5.71. The van der Waals surface area contributed by atoms with Gasteiger partial charge in [-0.05, 0) is 5.56 Å². The van der Waals surface area contributed by atoms with Crippen LogP contribution < -0.4 is 4.72 Å². The highest BCUT2D eigenvalue weighted by atomic mass is 32.2. The third-order valence-electron chi connectivity index (χ3n) is 2.51. The number of ether oxygens (including phenoxy) is 1. The zero-order chi connectivity index (χ0) is 14.3. The molecule has 0 aromatic heterocycles. The second-order valence-electron chi connectivity index (χ2n) is 3.91. The van der Waals surface area contributed by atoms with E-state index in [0.29, 0.717) is 5.56 Å². The number of hydrogen-bond donors (Lipinski definition) is 2. The van der Waals surface area contributed by atoms with Crippen LogP contribution in [0.15, 0.2) is 30.3 Å². The van der Waals surface area contributed by atoms with Gasteiger partial charge in [0, 0.05) is 0 Å². The quantitative estimate of drug-likeness (QED) is 0.699.